The second-order valence-corrected chi connectivity index (χ2v) is 6.22. The molecule has 0 aromatic rings. The topological polar surface area (TPSA) is 21.3 Å². The predicted molar refractivity (Wildman–Crippen MR) is 69.7 cm³/mol. The summed E-state index contributed by atoms with van der Waals surface area (Å²) in [5.41, 5.74) is 0.406. The Hall–Kier alpha value is -0.0800. The van der Waals surface area contributed by atoms with Crippen LogP contribution in [0.4, 0.5) is 0 Å². The zero-order chi connectivity index (χ0) is 12.4. The van der Waals surface area contributed by atoms with Gasteiger partial charge >= 0.3 is 0 Å². The van der Waals surface area contributed by atoms with E-state index in [2.05, 4.69) is 46.9 Å². The molecule has 1 heterocycles. The molecule has 1 rings (SSSR count). The summed E-state index contributed by atoms with van der Waals surface area (Å²) in [7, 11) is 0. The van der Waals surface area contributed by atoms with Crippen LogP contribution in [0.5, 0.6) is 0 Å². The van der Waals surface area contributed by atoms with Crippen molar-refractivity contribution < 1.29 is 4.74 Å². The Kier molecular flexibility index (Phi) is 4.42. The van der Waals surface area contributed by atoms with Gasteiger partial charge in [-0.3, -0.25) is 0 Å². The monoisotopic (exact) mass is 227 g/mol. The zero-order valence-corrected chi connectivity index (χ0v) is 11.9. The fourth-order valence-electron chi connectivity index (χ4n) is 2.48. The molecule has 2 heteroatoms. The number of ether oxygens (including phenoxy) is 1. The first kappa shape index (κ1) is 14.0. The van der Waals surface area contributed by atoms with Crippen molar-refractivity contribution in [2.24, 2.45) is 5.41 Å². The summed E-state index contributed by atoms with van der Waals surface area (Å²) in [5, 5.41) is 3.75. The van der Waals surface area contributed by atoms with Crippen LogP contribution in [0.1, 0.15) is 60.8 Å². The molecule has 0 aliphatic carbocycles. The van der Waals surface area contributed by atoms with Crippen molar-refractivity contribution in [1.29, 1.82) is 0 Å². The van der Waals surface area contributed by atoms with Gasteiger partial charge in [0.1, 0.15) is 0 Å². The SMILES string of the molecule is CCC(C)NC1(C)COC(CC)CC1(C)C. The lowest BCUT2D eigenvalue weighted by atomic mass is 9.68. The van der Waals surface area contributed by atoms with Crippen LogP contribution < -0.4 is 5.32 Å². The Balaban J connectivity index is 2.72. The van der Waals surface area contributed by atoms with Crippen LogP contribution in [-0.4, -0.2) is 24.3 Å². The van der Waals surface area contributed by atoms with Gasteiger partial charge in [-0.05, 0) is 38.5 Å². The second-order valence-electron chi connectivity index (χ2n) is 6.22. The Morgan fingerprint density at radius 3 is 2.38 bits per heavy atom. The molecular weight excluding hydrogens is 198 g/mol. The zero-order valence-electron chi connectivity index (χ0n) is 11.9. The van der Waals surface area contributed by atoms with Gasteiger partial charge in [0, 0.05) is 11.6 Å². The molecule has 0 aromatic heterocycles. The van der Waals surface area contributed by atoms with Crippen molar-refractivity contribution in [3.63, 3.8) is 0 Å². The number of hydrogen-bond acceptors (Lipinski definition) is 2. The van der Waals surface area contributed by atoms with Gasteiger partial charge in [0.05, 0.1) is 12.7 Å². The third-order valence-electron chi connectivity index (χ3n) is 4.47. The molecule has 3 unspecified atom stereocenters. The van der Waals surface area contributed by atoms with Crippen molar-refractivity contribution in [2.45, 2.75) is 78.5 Å². The lowest BCUT2D eigenvalue weighted by molar-refractivity contribution is -0.104. The predicted octanol–water partition coefficient (Wildman–Crippen LogP) is 3.36. The van der Waals surface area contributed by atoms with Gasteiger partial charge in [0.2, 0.25) is 0 Å². The molecule has 0 bridgehead atoms. The van der Waals surface area contributed by atoms with Crippen LogP contribution in [-0.2, 0) is 4.74 Å². The fourth-order valence-corrected chi connectivity index (χ4v) is 2.48. The van der Waals surface area contributed by atoms with Gasteiger partial charge in [-0.2, -0.15) is 0 Å². The average Bonchev–Trinajstić information content (AvgIpc) is 2.22. The van der Waals surface area contributed by atoms with Gasteiger partial charge in [-0.1, -0.05) is 27.7 Å². The molecule has 2 nitrogen and oxygen atoms in total. The molecule has 96 valence electrons. The minimum Gasteiger partial charge on any atom is -0.376 e. The largest absolute Gasteiger partial charge is 0.376 e. The van der Waals surface area contributed by atoms with Crippen LogP contribution in [0.3, 0.4) is 0 Å². The van der Waals surface area contributed by atoms with Gasteiger partial charge in [0.15, 0.2) is 0 Å². The van der Waals surface area contributed by atoms with E-state index in [1.165, 1.54) is 6.42 Å². The van der Waals surface area contributed by atoms with Crippen molar-refractivity contribution in [3.8, 4) is 0 Å². The minimum absolute atomic E-state index is 0.105. The fraction of sp³-hybridized carbons (Fsp3) is 1.00. The number of rotatable bonds is 4. The van der Waals surface area contributed by atoms with E-state index in [9.17, 15) is 0 Å². The highest BCUT2D eigenvalue weighted by Crippen LogP contribution is 2.41. The molecule has 3 atom stereocenters. The molecular formula is C14H29NO. The van der Waals surface area contributed by atoms with E-state index in [1.807, 2.05) is 0 Å². The van der Waals surface area contributed by atoms with Gasteiger partial charge in [-0.15, -0.1) is 0 Å². The van der Waals surface area contributed by atoms with Crippen LogP contribution in [0, 0.1) is 5.41 Å². The first-order valence-corrected chi connectivity index (χ1v) is 6.74. The van der Waals surface area contributed by atoms with Crippen molar-refractivity contribution in [2.75, 3.05) is 6.61 Å². The molecule has 1 aliphatic heterocycles. The molecule has 1 fully saturated rings. The highest BCUT2D eigenvalue weighted by Gasteiger charge is 2.46. The van der Waals surface area contributed by atoms with Crippen LogP contribution >= 0.6 is 0 Å². The van der Waals surface area contributed by atoms with E-state index in [1.54, 1.807) is 0 Å². The Morgan fingerprint density at radius 1 is 1.31 bits per heavy atom. The summed E-state index contributed by atoms with van der Waals surface area (Å²) in [4.78, 5) is 0. The standard InChI is InChI=1S/C14H29NO/c1-7-11(3)15-14(6)10-16-12(8-2)9-13(14,4)5/h11-12,15H,7-10H2,1-6H3. The maximum Gasteiger partial charge on any atom is 0.0654 e. The average molecular weight is 227 g/mol. The summed E-state index contributed by atoms with van der Waals surface area (Å²) in [5.74, 6) is 0. The van der Waals surface area contributed by atoms with Gasteiger partial charge in [-0.25, -0.2) is 0 Å². The lowest BCUT2D eigenvalue weighted by Gasteiger charge is -2.52. The van der Waals surface area contributed by atoms with E-state index in [-0.39, 0.29) is 5.54 Å². The number of nitrogens with one attached hydrogen (secondary N) is 1. The van der Waals surface area contributed by atoms with Crippen LogP contribution in [0.15, 0.2) is 0 Å². The Morgan fingerprint density at radius 2 is 1.94 bits per heavy atom. The smallest absolute Gasteiger partial charge is 0.0654 e. The maximum absolute atomic E-state index is 5.96. The van der Waals surface area contributed by atoms with Gasteiger partial charge < -0.3 is 10.1 Å². The second kappa shape index (κ2) is 5.05. The molecule has 16 heavy (non-hydrogen) atoms. The molecule has 1 saturated heterocycles. The van der Waals surface area contributed by atoms with Crippen molar-refractivity contribution in [1.82, 2.24) is 5.32 Å². The summed E-state index contributed by atoms with van der Waals surface area (Å²) >= 11 is 0. The summed E-state index contributed by atoms with van der Waals surface area (Å²) in [6.07, 6.45) is 3.90. The lowest BCUT2D eigenvalue weighted by Crippen LogP contribution is -2.63. The highest BCUT2D eigenvalue weighted by atomic mass is 16.5. The highest BCUT2D eigenvalue weighted by molar-refractivity contribution is 5.01. The van der Waals surface area contributed by atoms with Crippen LogP contribution in [0.2, 0.25) is 0 Å². The molecule has 0 saturated carbocycles. The third-order valence-corrected chi connectivity index (χ3v) is 4.47. The molecule has 0 radical (unpaired) electrons. The molecule has 1 aliphatic rings. The minimum atomic E-state index is 0.105. The van der Waals surface area contributed by atoms with E-state index >= 15 is 0 Å². The molecule has 0 aromatic carbocycles. The molecule has 0 spiro atoms. The van der Waals surface area contributed by atoms with E-state index in [4.69, 9.17) is 4.74 Å². The van der Waals surface area contributed by atoms with Gasteiger partial charge in [0.25, 0.3) is 0 Å². The Bertz CT molecular complexity index is 227. The summed E-state index contributed by atoms with van der Waals surface area (Å²) in [6, 6.07) is 0.561. The van der Waals surface area contributed by atoms with E-state index in [0.717, 1.165) is 19.4 Å². The van der Waals surface area contributed by atoms with E-state index in [0.29, 0.717) is 17.6 Å². The summed E-state index contributed by atoms with van der Waals surface area (Å²) in [6.45, 7) is 14.6. The van der Waals surface area contributed by atoms with Crippen LogP contribution in [0.25, 0.3) is 0 Å². The third kappa shape index (κ3) is 2.78. The summed E-state index contributed by atoms with van der Waals surface area (Å²) < 4.78 is 5.96. The maximum atomic E-state index is 5.96. The van der Waals surface area contributed by atoms with E-state index < -0.39 is 0 Å². The molecule has 1 N–H and O–H groups in total. The quantitative estimate of drug-likeness (QED) is 0.795. The number of hydrogen-bond donors (Lipinski definition) is 1. The molecule has 0 amide bonds. The first-order valence-electron chi connectivity index (χ1n) is 6.74. The Labute approximate surface area is 101 Å². The van der Waals surface area contributed by atoms with Crippen molar-refractivity contribution >= 4 is 0 Å². The van der Waals surface area contributed by atoms with Crippen molar-refractivity contribution in [3.05, 3.63) is 0 Å². The normalized spacial score (nSPS) is 36.0. The first-order chi connectivity index (χ1) is 7.34.